The molecule has 348 valence electrons. The Balaban J connectivity index is 1.56. The number of carboxylic acid groups (broad SMARTS) is 1. The van der Waals surface area contributed by atoms with Gasteiger partial charge >= 0.3 is 5.97 Å². The van der Waals surface area contributed by atoms with Crippen LogP contribution in [0.4, 0.5) is 5.82 Å². The second-order valence-electron chi connectivity index (χ2n) is 16.8. The van der Waals surface area contributed by atoms with Crippen molar-refractivity contribution in [3.05, 3.63) is 82.5 Å². The zero-order chi connectivity index (χ0) is 47.7. The summed E-state index contributed by atoms with van der Waals surface area (Å²) in [5.74, 6) is -4.28. The zero-order valence-corrected chi connectivity index (χ0v) is 37.7. The molecule has 2 heterocycles. The molecule has 0 fully saturated rings. The van der Waals surface area contributed by atoms with Crippen LogP contribution in [-0.2, 0) is 31.0 Å². The Labute approximate surface area is 377 Å². The lowest BCUT2D eigenvalue weighted by atomic mass is 9.86. The van der Waals surface area contributed by atoms with Gasteiger partial charge in [-0.2, -0.15) is 0 Å². The third-order valence-corrected chi connectivity index (χ3v) is 10.9. The van der Waals surface area contributed by atoms with Crippen molar-refractivity contribution in [3.63, 3.8) is 0 Å². The van der Waals surface area contributed by atoms with Crippen molar-refractivity contribution in [3.8, 4) is 39.8 Å². The number of aliphatic hydroxyl groups excluding tert-OH is 1. The summed E-state index contributed by atoms with van der Waals surface area (Å²) in [4.78, 5) is 78.5. The molecule has 19 nitrogen and oxygen atoms in total. The Hall–Kier alpha value is -6.83. The summed E-state index contributed by atoms with van der Waals surface area (Å²) < 4.78 is 11.9. The van der Waals surface area contributed by atoms with Crippen LogP contribution in [0.1, 0.15) is 72.9 Å². The van der Waals surface area contributed by atoms with Gasteiger partial charge in [-0.25, -0.2) is 14.8 Å². The van der Waals surface area contributed by atoms with Gasteiger partial charge in [-0.15, -0.1) is 0 Å². The number of aliphatic hydroxyl groups is 1. The molecule has 0 unspecified atom stereocenters. The van der Waals surface area contributed by atoms with E-state index in [0.717, 1.165) is 16.0 Å². The first-order valence-electron chi connectivity index (χ1n) is 21.2. The van der Waals surface area contributed by atoms with Crippen LogP contribution in [0.3, 0.4) is 0 Å². The van der Waals surface area contributed by atoms with E-state index in [-0.39, 0.29) is 71.2 Å². The lowest BCUT2D eigenvalue weighted by molar-refractivity contribution is -0.142. The molecule has 1 aliphatic heterocycles. The number of amides is 4. The fourth-order valence-corrected chi connectivity index (χ4v) is 7.09. The number of ether oxygens (including phenoxy) is 2. The Bertz CT molecular complexity index is 2400. The van der Waals surface area contributed by atoms with Gasteiger partial charge in [0.2, 0.25) is 17.7 Å². The SMILES string of the molecule is CNc1nc(-c2ccc(C(C)(C)C)cc2)nc(C)c1C(=O)NCC(=O)N(C)[C@@H]1C(=O)N[C@@H](C)C(=O)N[C@H](C(=O)O)Cc2ccc(OCCCN)c(c2)-c2cc1cc(OC[C@H](O)CN)c2O. The highest BCUT2D eigenvalue weighted by Crippen LogP contribution is 2.45. The van der Waals surface area contributed by atoms with Crippen LogP contribution in [-0.4, -0.2) is 125 Å². The van der Waals surface area contributed by atoms with Crippen molar-refractivity contribution in [2.45, 2.75) is 77.1 Å². The minimum absolute atomic E-state index is 0.0565. The van der Waals surface area contributed by atoms with Crippen molar-refractivity contribution in [2.75, 3.05) is 52.3 Å². The number of benzene rings is 3. The highest BCUT2D eigenvalue weighted by atomic mass is 16.5. The average molecular weight is 898 g/mol. The number of hydrogen-bond acceptors (Lipinski definition) is 14. The number of carbonyl (C=O) groups is 5. The molecule has 65 heavy (non-hydrogen) atoms. The van der Waals surface area contributed by atoms with Gasteiger partial charge in [-0.1, -0.05) is 51.1 Å². The van der Waals surface area contributed by atoms with Crippen LogP contribution in [0.5, 0.6) is 17.2 Å². The summed E-state index contributed by atoms with van der Waals surface area (Å²) in [6, 6.07) is 11.0. The third-order valence-electron chi connectivity index (χ3n) is 10.9. The number of anilines is 1. The Morgan fingerprint density at radius 1 is 0.969 bits per heavy atom. The molecular weight excluding hydrogens is 839 g/mol. The van der Waals surface area contributed by atoms with E-state index in [1.807, 2.05) is 24.3 Å². The number of carboxylic acids is 1. The fraction of sp³-hybridized carbons (Fsp3) is 0.413. The third kappa shape index (κ3) is 11.9. The van der Waals surface area contributed by atoms with Crippen molar-refractivity contribution < 1.29 is 48.8 Å². The average Bonchev–Trinajstić information content (AvgIpc) is 3.27. The molecule has 1 aromatic heterocycles. The van der Waals surface area contributed by atoms with Crippen molar-refractivity contribution in [2.24, 2.45) is 11.5 Å². The molecule has 1 aliphatic rings. The van der Waals surface area contributed by atoms with Gasteiger partial charge in [0.25, 0.3) is 5.91 Å². The summed E-state index contributed by atoms with van der Waals surface area (Å²) in [5, 5.41) is 42.8. The van der Waals surface area contributed by atoms with E-state index in [2.05, 4.69) is 52.0 Å². The second kappa shape index (κ2) is 21.2. The van der Waals surface area contributed by atoms with Gasteiger partial charge in [0.05, 0.1) is 18.8 Å². The Morgan fingerprint density at radius 3 is 2.31 bits per heavy atom. The zero-order valence-electron chi connectivity index (χ0n) is 37.7. The number of carbonyl (C=O) groups excluding carboxylic acids is 4. The number of phenols is 1. The number of aryl methyl sites for hydroxylation is 1. The summed E-state index contributed by atoms with van der Waals surface area (Å²) in [5.41, 5.74) is 14.4. The summed E-state index contributed by atoms with van der Waals surface area (Å²) in [7, 11) is 2.92. The number of nitrogens with zero attached hydrogens (tertiary/aromatic N) is 3. The summed E-state index contributed by atoms with van der Waals surface area (Å²) in [6.07, 6.45) is -0.867. The number of aromatic hydroxyl groups is 1. The fourth-order valence-electron chi connectivity index (χ4n) is 7.09. The standard InChI is InChI=1S/C46H59N9O10/c1-24-37(41(49-6)54-40(51-24)27-10-12-29(13-11-27)46(3,4)5)43(60)50-22-36(57)55(7)38-28-19-32(39(58)35(20-28)65-23-30(56)21-48)31-17-26(9-14-34(31)64-16-8-15-47)18-33(45(62)63)53-42(59)25(2)52-44(38)61/h9-14,17,19-20,25,30,33,38,56,58H,8,15-16,18,21-23,47-48H2,1-7H3,(H,50,60)(H,52,61)(H,53,59)(H,62,63)(H,49,51,54)/t25-,30+,33-,38-/m0/s1. The van der Waals surface area contributed by atoms with E-state index in [9.17, 15) is 39.3 Å². The predicted molar refractivity (Wildman–Crippen MR) is 242 cm³/mol. The van der Waals surface area contributed by atoms with E-state index < -0.39 is 66.1 Å². The first-order valence-corrected chi connectivity index (χ1v) is 21.2. The first-order chi connectivity index (χ1) is 30.8. The minimum Gasteiger partial charge on any atom is -0.504 e. The summed E-state index contributed by atoms with van der Waals surface area (Å²) in [6.45, 7) is 8.65. The molecule has 19 heteroatoms. The molecule has 0 saturated heterocycles. The molecule has 0 aliphatic carbocycles. The molecule has 3 aromatic carbocycles. The Morgan fingerprint density at radius 2 is 1.68 bits per heavy atom. The molecule has 4 amide bonds. The van der Waals surface area contributed by atoms with Crippen LogP contribution in [0, 0.1) is 6.92 Å². The topological polar surface area (TPSA) is 294 Å². The van der Waals surface area contributed by atoms with Gasteiger partial charge in [0.1, 0.15) is 48.0 Å². The van der Waals surface area contributed by atoms with Crippen molar-refractivity contribution in [1.29, 1.82) is 0 Å². The maximum Gasteiger partial charge on any atom is 0.326 e. The van der Waals surface area contributed by atoms with E-state index in [1.165, 1.54) is 26.1 Å². The lowest BCUT2D eigenvalue weighted by Gasteiger charge is -2.30. The Kier molecular flexibility index (Phi) is 16.1. The number of aromatic nitrogens is 2. The lowest BCUT2D eigenvalue weighted by Crippen LogP contribution is -2.53. The largest absolute Gasteiger partial charge is 0.504 e. The molecule has 4 aromatic rings. The van der Waals surface area contributed by atoms with Gasteiger partial charge < -0.3 is 62.4 Å². The van der Waals surface area contributed by atoms with E-state index in [0.29, 0.717) is 30.0 Å². The number of fused-ring (bicyclic) bond motifs is 5. The molecule has 0 saturated carbocycles. The van der Waals surface area contributed by atoms with E-state index in [4.69, 9.17) is 20.9 Å². The molecule has 0 radical (unpaired) electrons. The number of nitrogens with one attached hydrogen (secondary N) is 4. The highest BCUT2D eigenvalue weighted by Gasteiger charge is 2.35. The number of rotatable bonds is 15. The number of hydrogen-bond donors (Lipinski definition) is 9. The van der Waals surface area contributed by atoms with Gasteiger partial charge in [0, 0.05) is 43.8 Å². The minimum atomic E-state index is -1.57. The normalized spacial score (nSPS) is 16.9. The van der Waals surface area contributed by atoms with Gasteiger partial charge in [-0.3, -0.25) is 19.2 Å². The van der Waals surface area contributed by atoms with Crippen LogP contribution < -0.4 is 42.2 Å². The van der Waals surface area contributed by atoms with Crippen LogP contribution in [0.15, 0.2) is 54.6 Å². The maximum atomic E-state index is 14.4. The maximum absolute atomic E-state index is 14.4. The van der Waals surface area contributed by atoms with Crippen LogP contribution >= 0.6 is 0 Å². The molecule has 11 N–H and O–H groups in total. The van der Waals surface area contributed by atoms with Crippen LogP contribution in [0.25, 0.3) is 22.5 Å². The quantitative estimate of drug-likeness (QED) is 0.0773. The number of likely N-dealkylation sites (N-methyl/N-ethyl adjacent to an activating group) is 1. The number of phenolic OH excluding ortho intramolecular Hbond substituents is 1. The van der Waals surface area contributed by atoms with E-state index >= 15 is 0 Å². The second-order valence-corrected chi connectivity index (χ2v) is 16.8. The van der Waals surface area contributed by atoms with Crippen molar-refractivity contribution in [1.82, 2.24) is 30.8 Å². The number of nitrogens with two attached hydrogens (primary N) is 2. The van der Waals surface area contributed by atoms with Crippen molar-refractivity contribution >= 4 is 35.4 Å². The predicted octanol–water partition coefficient (Wildman–Crippen LogP) is 2.15. The summed E-state index contributed by atoms with van der Waals surface area (Å²) >= 11 is 0. The van der Waals surface area contributed by atoms with Gasteiger partial charge in [0.15, 0.2) is 17.3 Å². The molecule has 0 spiro atoms. The van der Waals surface area contributed by atoms with E-state index in [1.54, 1.807) is 32.2 Å². The van der Waals surface area contributed by atoms with Crippen LogP contribution in [0.2, 0.25) is 0 Å². The molecule has 4 atom stereocenters. The highest BCUT2D eigenvalue weighted by molar-refractivity contribution is 6.02. The molecular formula is C46H59N9O10. The first kappa shape index (κ1) is 49.2. The molecule has 4 bridgehead atoms. The smallest absolute Gasteiger partial charge is 0.326 e. The molecule has 5 rings (SSSR count). The van der Waals surface area contributed by atoms with Gasteiger partial charge in [-0.05, 0) is 73.2 Å². The number of aliphatic carboxylic acids is 1. The monoisotopic (exact) mass is 897 g/mol.